The molecule has 2 rings (SSSR count). The third kappa shape index (κ3) is 3.87. The molecule has 3 nitrogen and oxygen atoms in total. The van der Waals surface area contributed by atoms with Gasteiger partial charge in [-0.25, -0.2) is 0 Å². The predicted octanol–water partition coefficient (Wildman–Crippen LogP) is 4.72. The third-order valence-electron chi connectivity index (χ3n) is 3.40. The van der Waals surface area contributed by atoms with Gasteiger partial charge in [0.25, 0.3) is 0 Å². The summed E-state index contributed by atoms with van der Waals surface area (Å²) < 4.78 is 3.05. The van der Waals surface area contributed by atoms with Crippen LogP contribution in [-0.2, 0) is 6.54 Å². The zero-order valence-electron chi connectivity index (χ0n) is 12.7. The summed E-state index contributed by atoms with van der Waals surface area (Å²) in [5.74, 6) is 0. The first kappa shape index (κ1) is 16.5. The van der Waals surface area contributed by atoms with Gasteiger partial charge in [-0.2, -0.15) is 5.10 Å². The molecule has 1 heterocycles. The number of aryl methyl sites for hydroxylation is 2. The van der Waals surface area contributed by atoms with E-state index in [1.54, 1.807) is 0 Å². The van der Waals surface area contributed by atoms with Gasteiger partial charge in [0.05, 0.1) is 22.4 Å². The molecule has 2 aromatic rings. The van der Waals surface area contributed by atoms with E-state index in [1.165, 1.54) is 11.1 Å². The fourth-order valence-electron chi connectivity index (χ4n) is 2.50. The highest BCUT2D eigenvalue weighted by Crippen LogP contribution is 2.30. The van der Waals surface area contributed by atoms with Crippen molar-refractivity contribution in [2.24, 2.45) is 0 Å². The Hall–Kier alpha value is -0.840. The van der Waals surface area contributed by atoms with Gasteiger partial charge in [-0.05, 0) is 66.0 Å². The van der Waals surface area contributed by atoms with Crippen LogP contribution in [0.25, 0.3) is 0 Å². The van der Waals surface area contributed by atoms with Gasteiger partial charge >= 0.3 is 0 Å². The molecule has 0 aliphatic carbocycles. The van der Waals surface area contributed by atoms with Crippen molar-refractivity contribution in [3.05, 3.63) is 50.7 Å². The minimum Gasteiger partial charge on any atom is -0.305 e. The van der Waals surface area contributed by atoms with E-state index in [0.29, 0.717) is 0 Å². The number of nitrogens with one attached hydrogen (secondary N) is 1. The van der Waals surface area contributed by atoms with Crippen LogP contribution in [0.15, 0.2) is 28.9 Å². The van der Waals surface area contributed by atoms with E-state index in [2.05, 4.69) is 53.2 Å². The van der Waals surface area contributed by atoms with Crippen molar-refractivity contribution >= 4 is 27.5 Å². The second kappa shape index (κ2) is 7.43. The molecule has 0 aliphatic rings. The summed E-state index contributed by atoms with van der Waals surface area (Å²) in [5.41, 5.74) is 3.48. The largest absolute Gasteiger partial charge is 0.305 e. The lowest BCUT2D eigenvalue weighted by Crippen LogP contribution is -2.26. The Kier molecular flexibility index (Phi) is 5.85. The summed E-state index contributed by atoms with van der Waals surface area (Å²) in [4.78, 5) is 0. The topological polar surface area (TPSA) is 29.9 Å². The molecule has 1 aromatic carbocycles. The molecule has 1 atom stereocenters. The van der Waals surface area contributed by atoms with Crippen LogP contribution in [0.1, 0.15) is 43.1 Å². The molecule has 5 heteroatoms. The first-order chi connectivity index (χ1) is 10.1. The van der Waals surface area contributed by atoms with E-state index in [4.69, 9.17) is 11.6 Å². The van der Waals surface area contributed by atoms with Crippen molar-refractivity contribution in [2.45, 2.75) is 39.8 Å². The summed E-state index contributed by atoms with van der Waals surface area (Å²) in [6.45, 7) is 8.11. The molecule has 0 spiro atoms. The highest BCUT2D eigenvalue weighted by Gasteiger charge is 2.21. The smallest absolute Gasteiger partial charge is 0.0760 e. The van der Waals surface area contributed by atoms with Crippen LogP contribution >= 0.6 is 27.5 Å². The average molecular weight is 371 g/mol. The second-order valence-electron chi connectivity index (χ2n) is 5.14. The monoisotopic (exact) mass is 369 g/mol. The normalized spacial score (nSPS) is 12.6. The minimum atomic E-state index is 0.0826. The Morgan fingerprint density at radius 1 is 1.33 bits per heavy atom. The first-order valence-corrected chi connectivity index (χ1v) is 8.45. The first-order valence-electron chi connectivity index (χ1n) is 7.28. The maximum absolute atomic E-state index is 6.24. The summed E-state index contributed by atoms with van der Waals surface area (Å²) >= 11 is 9.87. The van der Waals surface area contributed by atoms with E-state index in [-0.39, 0.29) is 6.04 Å². The summed E-state index contributed by atoms with van der Waals surface area (Å²) in [6.07, 6.45) is 2.94. The molecule has 0 saturated carbocycles. The number of aromatic nitrogens is 2. The molecular formula is C16H21BrClN3. The number of hydrogen-bond donors (Lipinski definition) is 1. The van der Waals surface area contributed by atoms with Gasteiger partial charge in [0.15, 0.2) is 0 Å². The number of halogens is 2. The molecule has 1 aromatic heterocycles. The van der Waals surface area contributed by atoms with Gasteiger partial charge in [-0.15, -0.1) is 0 Å². The minimum absolute atomic E-state index is 0.0826. The second-order valence-corrected chi connectivity index (χ2v) is 6.43. The quantitative estimate of drug-likeness (QED) is 0.797. The molecule has 1 unspecified atom stereocenters. The molecule has 1 N–H and O–H groups in total. The lowest BCUT2D eigenvalue weighted by atomic mass is 10.0. The number of benzene rings is 1. The van der Waals surface area contributed by atoms with E-state index in [0.717, 1.165) is 34.7 Å². The zero-order valence-corrected chi connectivity index (χ0v) is 15.0. The van der Waals surface area contributed by atoms with Crippen molar-refractivity contribution in [3.63, 3.8) is 0 Å². The van der Waals surface area contributed by atoms with Crippen LogP contribution in [0.4, 0.5) is 0 Å². The summed E-state index contributed by atoms with van der Waals surface area (Å²) in [5, 5.41) is 8.81. The standard InChI is InChI=1S/C16H21BrClN3/c1-4-6-19-15(12-7-11(3)8-13(18)9-12)16-14(17)10-20-21(16)5-2/h7-10,15,19H,4-6H2,1-3H3. The Morgan fingerprint density at radius 3 is 2.71 bits per heavy atom. The van der Waals surface area contributed by atoms with Crippen LogP contribution in [0, 0.1) is 6.92 Å². The maximum atomic E-state index is 6.24. The van der Waals surface area contributed by atoms with Gasteiger partial charge in [0.2, 0.25) is 0 Å². The van der Waals surface area contributed by atoms with Crippen LogP contribution in [0.3, 0.4) is 0 Å². The Bertz CT molecular complexity index is 589. The van der Waals surface area contributed by atoms with Crippen LogP contribution in [0.5, 0.6) is 0 Å². The Balaban J connectivity index is 2.49. The molecular weight excluding hydrogens is 350 g/mol. The van der Waals surface area contributed by atoms with E-state index >= 15 is 0 Å². The van der Waals surface area contributed by atoms with Crippen LogP contribution in [-0.4, -0.2) is 16.3 Å². The van der Waals surface area contributed by atoms with Gasteiger partial charge in [0, 0.05) is 11.6 Å². The highest BCUT2D eigenvalue weighted by atomic mass is 79.9. The van der Waals surface area contributed by atoms with Crippen LogP contribution < -0.4 is 5.32 Å². The van der Waals surface area contributed by atoms with Crippen LogP contribution in [0.2, 0.25) is 5.02 Å². The molecule has 0 saturated heterocycles. The van der Waals surface area contributed by atoms with Gasteiger partial charge in [0.1, 0.15) is 0 Å². The number of rotatable bonds is 6. The third-order valence-corrected chi connectivity index (χ3v) is 4.23. The SMILES string of the molecule is CCCNC(c1cc(C)cc(Cl)c1)c1c(Br)cnn1CC. The Labute approximate surface area is 139 Å². The molecule has 0 amide bonds. The van der Waals surface area contributed by atoms with Crippen molar-refractivity contribution in [1.29, 1.82) is 0 Å². The molecule has 0 radical (unpaired) electrons. The summed E-state index contributed by atoms with van der Waals surface area (Å²) in [6, 6.07) is 6.27. The highest BCUT2D eigenvalue weighted by molar-refractivity contribution is 9.10. The van der Waals surface area contributed by atoms with Gasteiger partial charge in [-0.1, -0.05) is 24.6 Å². The molecule has 0 fully saturated rings. The lowest BCUT2D eigenvalue weighted by Gasteiger charge is -2.21. The fraction of sp³-hybridized carbons (Fsp3) is 0.438. The lowest BCUT2D eigenvalue weighted by molar-refractivity contribution is 0.528. The van der Waals surface area contributed by atoms with Crippen molar-refractivity contribution in [3.8, 4) is 0 Å². The average Bonchev–Trinajstić information content (AvgIpc) is 2.80. The van der Waals surface area contributed by atoms with Gasteiger partial charge in [-0.3, -0.25) is 4.68 Å². The van der Waals surface area contributed by atoms with E-state index in [1.807, 2.05) is 23.0 Å². The van der Waals surface area contributed by atoms with E-state index in [9.17, 15) is 0 Å². The number of hydrogen-bond acceptors (Lipinski definition) is 2. The van der Waals surface area contributed by atoms with E-state index < -0.39 is 0 Å². The molecule has 114 valence electrons. The summed E-state index contributed by atoms with van der Waals surface area (Å²) in [7, 11) is 0. The molecule has 0 aliphatic heterocycles. The molecule has 0 bridgehead atoms. The predicted molar refractivity (Wildman–Crippen MR) is 91.9 cm³/mol. The fourth-order valence-corrected chi connectivity index (χ4v) is 3.33. The van der Waals surface area contributed by atoms with Crippen molar-refractivity contribution in [1.82, 2.24) is 15.1 Å². The van der Waals surface area contributed by atoms with Gasteiger partial charge < -0.3 is 5.32 Å². The Morgan fingerprint density at radius 2 is 2.10 bits per heavy atom. The zero-order chi connectivity index (χ0) is 15.4. The van der Waals surface area contributed by atoms with Crippen molar-refractivity contribution < 1.29 is 0 Å². The van der Waals surface area contributed by atoms with Crippen molar-refractivity contribution in [2.75, 3.05) is 6.54 Å². The number of nitrogens with zero attached hydrogens (tertiary/aromatic N) is 2. The maximum Gasteiger partial charge on any atom is 0.0760 e. The molecule has 21 heavy (non-hydrogen) atoms.